The zero-order valence-corrected chi connectivity index (χ0v) is 12.3. The summed E-state index contributed by atoms with van der Waals surface area (Å²) in [4.78, 5) is 11.2. The van der Waals surface area contributed by atoms with Gasteiger partial charge in [0.1, 0.15) is 6.04 Å². The molecule has 20 heavy (non-hydrogen) atoms. The first kappa shape index (κ1) is 16.6. The second-order valence-electron chi connectivity index (χ2n) is 4.53. The lowest BCUT2D eigenvalue weighted by atomic mass is 10.1. The molecule has 0 heterocycles. The van der Waals surface area contributed by atoms with E-state index in [1.165, 1.54) is 7.11 Å². The van der Waals surface area contributed by atoms with Crippen molar-refractivity contribution >= 4 is 16.0 Å². The first-order valence-corrected chi connectivity index (χ1v) is 7.79. The summed E-state index contributed by atoms with van der Waals surface area (Å²) in [6, 6.07) is 7.67. The van der Waals surface area contributed by atoms with Gasteiger partial charge in [0.2, 0.25) is 10.0 Å². The van der Waals surface area contributed by atoms with Crippen molar-refractivity contribution < 1.29 is 23.1 Å². The summed E-state index contributed by atoms with van der Waals surface area (Å²) in [6.07, 6.45) is -0.407. The molecule has 0 spiro atoms. The number of ether oxygens (including phenoxy) is 1. The smallest absolute Gasteiger partial charge is 0.322 e. The molecule has 1 rings (SSSR count). The third kappa shape index (κ3) is 5.68. The van der Waals surface area contributed by atoms with Crippen LogP contribution in [0.15, 0.2) is 30.3 Å². The molecule has 6 nitrogen and oxygen atoms in total. The van der Waals surface area contributed by atoms with E-state index in [1.807, 2.05) is 6.07 Å². The van der Waals surface area contributed by atoms with Gasteiger partial charge in [0.25, 0.3) is 0 Å². The van der Waals surface area contributed by atoms with Gasteiger partial charge in [-0.15, -0.1) is 0 Å². The van der Waals surface area contributed by atoms with Crippen LogP contribution in [0.3, 0.4) is 0 Å². The third-order valence-corrected chi connectivity index (χ3v) is 4.31. The van der Waals surface area contributed by atoms with Gasteiger partial charge in [0.05, 0.1) is 11.9 Å². The fourth-order valence-corrected chi connectivity index (χ4v) is 3.14. The SMILES string of the molecule is COC(C)CS(=O)(=O)N[C@H](Cc1ccccc1)C(=O)O. The molecule has 0 amide bonds. The van der Waals surface area contributed by atoms with Crippen molar-refractivity contribution in [2.45, 2.75) is 25.5 Å². The number of hydrogen-bond acceptors (Lipinski definition) is 4. The van der Waals surface area contributed by atoms with Crippen LogP contribution >= 0.6 is 0 Å². The van der Waals surface area contributed by atoms with Gasteiger partial charge in [-0.25, -0.2) is 13.1 Å². The molecular formula is C13H19NO5S. The second kappa shape index (κ2) is 7.37. The van der Waals surface area contributed by atoms with E-state index in [9.17, 15) is 13.2 Å². The number of nitrogens with one attached hydrogen (secondary N) is 1. The Morgan fingerprint density at radius 3 is 2.45 bits per heavy atom. The number of carboxylic acid groups (broad SMARTS) is 1. The molecule has 0 aliphatic carbocycles. The molecule has 0 aromatic heterocycles. The lowest BCUT2D eigenvalue weighted by molar-refractivity contribution is -0.138. The first-order chi connectivity index (χ1) is 9.34. The molecule has 7 heteroatoms. The quantitative estimate of drug-likeness (QED) is 0.735. The van der Waals surface area contributed by atoms with Gasteiger partial charge in [-0.1, -0.05) is 30.3 Å². The van der Waals surface area contributed by atoms with Crippen LogP contribution in [0.5, 0.6) is 0 Å². The minimum atomic E-state index is -3.71. The van der Waals surface area contributed by atoms with E-state index in [0.717, 1.165) is 5.56 Å². The van der Waals surface area contributed by atoms with Crippen molar-refractivity contribution in [3.05, 3.63) is 35.9 Å². The Balaban J connectivity index is 2.75. The van der Waals surface area contributed by atoms with Crippen molar-refractivity contribution in [3.8, 4) is 0 Å². The number of carbonyl (C=O) groups is 1. The molecule has 1 unspecified atom stereocenters. The first-order valence-electron chi connectivity index (χ1n) is 6.13. The van der Waals surface area contributed by atoms with E-state index in [-0.39, 0.29) is 12.2 Å². The summed E-state index contributed by atoms with van der Waals surface area (Å²) in [5, 5.41) is 9.13. The molecule has 1 aromatic carbocycles. The van der Waals surface area contributed by atoms with E-state index < -0.39 is 28.1 Å². The summed E-state index contributed by atoms with van der Waals surface area (Å²) in [5.41, 5.74) is 0.752. The van der Waals surface area contributed by atoms with E-state index in [1.54, 1.807) is 31.2 Å². The van der Waals surface area contributed by atoms with Gasteiger partial charge in [-0.3, -0.25) is 4.79 Å². The molecule has 0 saturated heterocycles. The Kier molecular flexibility index (Phi) is 6.12. The molecule has 0 aliphatic heterocycles. The van der Waals surface area contributed by atoms with Crippen LogP contribution in [-0.4, -0.2) is 44.5 Å². The van der Waals surface area contributed by atoms with Gasteiger partial charge >= 0.3 is 5.97 Å². The highest BCUT2D eigenvalue weighted by Gasteiger charge is 2.25. The highest BCUT2D eigenvalue weighted by Crippen LogP contribution is 2.05. The standard InChI is InChI=1S/C13H19NO5S/c1-10(19-2)9-20(17,18)14-12(13(15)16)8-11-6-4-3-5-7-11/h3-7,10,12,14H,8-9H2,1-2H3,(H,15,16)/t10?,12-/m1/s1. The lowest BCUT2D eigenvalue weighted by Gasteiger charge is -2.16. The minimum Gasteiger partial charge on any atom is -0.480 e. The minimum absolute atomic E-state index is 0.0940. The molecule has 1 aromatic rings. The Labute approximate surface area is 118 Å². The lowest BCUT2D eigenvalue weighted by Crippen LogP contribution is -2.44. The Morgan fingerprint density at radius 1 is 1.35 bits per heavy atom. The largest absolute Gasteiger partial charge is 0.480 e. The zero-order chi connectivity index (χ0) is 15.2. The summed E-state index contributed by atoms with van der Waals surface area (Å²) >= 11 is 0. The number of benzene rings is 1. The predicted molar refractivity (Wildman–Crippen MR) is 75.0 cm³/mol. The fourth-order valence-electron chi connectivity index (χ4n) is 1.67. The van der Waals surface area contributed by atoms with Gasteiger partial charge in [0.15, 0.2) is 0 Å². The molecule has 0 bridgehead atoms. The number of methoxy groups -OCH3 is 1. The number of aliphatic carboxylic acids is 1. The van der Waals surface area contributed by atoms with Crippen molar-refractivity contribution in [3.63, 3.8) is 0 Å². The molecular weight excluding hydrogens is 282 g/mol. The molecule has 2 atom stereocenters. The van der Waals surface area contributed by atoms with E-state index in [2.05, 4.69) is 4.72 Å². The van der Waals surface area contributed by atoms with Crippen molar-refractivity contribution in [2.24, 2.45) is 0 Å². The maximum atomic E-state index is 11.9. The van der Waals surface area contributed by atoms with Gasteiger partial charge in [0, 0.05) is 7.11 Å². The highest BCUT2D eigenvalue weighted by molar-refractivity contribution is 7.89. The maximum Gasteiger partial charge on any atom is 0.322 e. The second-order valence-corrected chi connectivity index (χ2v) is 6.32. The van der Waals surface area contributed by atoms with Gasteiger partial charge in [-0.2, -0.15) is 0 Å². The van der Waals surface area contributed by atoms with Crippen molar-refractivity contribution in [1.29, 1.82) is 0 Å². The summed E-state index contributed by atoms with van der Waals surface area (Å²) in [5.74, 6) is -1.48. The summed E-state index contributed by atoms with van der Waals surface area (Å²) in [7, 11) is -2.31. The Bertz CT molecular complexity index is 529. The molecule has 2 N–H and O–H groups in total. The van der Waals surface area contributed by atoms with E-state index in [4.69, 9.17) is 9.84 Å². The molecule has 0 fully saturated rings. The van der Waals surface area contributed by atoms with Crippen LogP contribution < -0.4 is 4.72 Å². The molecule has 0 saturated carbocycles. The topological polar surface area (TPSA) is 92.7 Å². The Hall–Kier alpha value is -1.44. The van der Waals surface area contributed by atoms with E-state index >= 15 is 0 Å². The summed E-state index contributed by atoms with van der Waals surface area (Å²) in [6.45, 7) is 1.60. The van der Waals surface area contributed by atoms with Crippen molar-refractivity contribution in [2.75, 3.05) is 12.9 Å². The average molecular weight is 301 g/mol. The number of hydrogen-bond donors (Lipinski definition) is 2. The predicted octanol–water partition coefficient (Wildman–Crippen LogP) is 0.637. The maximum absolute atomic E-state index is 11.9. The average Bonchev–Trinajstić information content (AvgIpc) is 2.38. The van der Waals surface area contributed by atoms with Crippen LogP contribution in [-0.2, 0) is 26.0 Å². The van der Waals surface area contributed by atoms with E-state index in [0.29, 0.717) is 0 Å². The number of sulfonamides is 1. The fraction of sp³-hybridized carbons (Fsp3) is 0.462. The van der Waals surface area contributed by atoms with Crippen LogP contribution in [0.25, 0.3) is 0 Å². The molecule has 0 radical (unpaired) electrons. The molecule has 0 aliphatic rings. The Morgan fingerprint density at radius 2 is 1.95 bits per heavy atom. The van der Waals surface area contributed by atoms with Crippen LogP contribution in [0.4, 0.5) is 0 Å². The monoisotopic (exact) mass is 301 g/mol. The highest BCUT2D eigenvalue weighted by atomic mass is 32.2. The van der Waals surface area contributed by atoms with Crippen LogP contribution in [0, 0.1) is 0 Å². The number of rotatable bonds is 8. The summed E-state index contributed by atoms with van der Waals surface area (Å²) < 4.78 is 30.8. The third-order valence-electron chi connectivity index (χ3n) is 2.76. The van der Waals surface area contributed by atoms with Crippen LogP contribution in [0.1, 0.15) is 12.5 Å². The van der Waals surface area contributed by atoms with Gasteiger partial charge < -0.3 is 9.84 Å². The van der Waals surface area contributed by atoms with Crippen molar-refractivity contribution in [1.82, 2.24) is 4.72 Å². The number of carboxylic acids is 1. The zero-order valence-electron chi connectivity index (χ0n) is 11.4. The van der Waals surface area contributed by atoms with Crippen LogP contribution in [0.2, 0.25) is 0 Å². The molecule has 112 valence electrons. The van der Waals surface area contributed by atoms with Gasteiger partial charge in [-0.05, 0) is 18.9 Å². The normalized spacial score (nSPS) is 14.7.